The van der Waals surface area contributed by atoms with Crippen LogP contribution in [0, 0.1) is 18.6 Å². The lowest BCUT2D eigenvalue weighted by atomic mass is 9.92. The number of imidazole rings is 1. The van der Waals surface area contributed by atoms with E-state index in [1.54, 1.807) is 20.8 Å². The molecule has 11 heteroatoms. The summed E-state index contributed by atoms with van der Waals surface area (Å²) in [6.45, 7) is 19.9. The maximum Gasteiger partial charge on any atom is 0.407 e. The molecule has 0 spiro atoms. The lowest BCUT2D eigenvalue weighted by molar-refractivity contribution is -0.109. The van der Waals surface area contributed by atoms with E-state index in [2.05, 4.69) is 27.0 Å². The minimum Gasteiger partial charge on any atom is -0.444 e. The molecule has 0 radical (unpaired) electrons. The van der Waals surface area contributed by atoms with Gasteiger partial charge in [0.2, 0.25) is 6.41 Å². The van der Waals surface area contributed by atoms with Gasteiger partial charge in [-0.1, -0.05) is 13.8 Å². The number of benzene rings is 1. The number of hydrogen-bond acceptors (Lipinski definition) is 6. The standard InChI is InChI=1S/C24H32F2N4O3.C4H9NO.C2H6/c1-6-30-14(2)27-20-11-29(12-21(20)30)16-10-19(28-23(31)33-24(3,4)5)22(32-13-16)17-9-15(25)7-8-18(17)26;1-4(2)5-3-6;1-2/h7-9,16,19,22H,6,10-13H2,1-5H3,(H,28,31);3-4H,1-2H3,(H,5,6);1-2H3/t16?,19?,22-;;/m1../s1. The number of aromatic nitrogens is 2. The average Bonchev–Trinajstić information content (AvgIpc) is 3.42. The van der Waals surface area contributed by atoms with Gasteiger partial charge in [-0.05, 0) is 73.1 Å². The lowest BCUT2D eigenvalue weighted by Gasteiger charge is -2.40. The molecule has 2 unspecified atom stereocenters. The molecule has 1 fully saturated rings. The fourth-order valence-corrected chi connectivity index (χ4v) is 4.93. The maximum absolute atomic E-state index is 14.6. The zero-order chi connectivity index (χ0) is 30.9. The summed E-state index contributed by atoms with van der Waals surface area (Å²) in [6, 6.07) is 2.96. The molecule has 2 N–H and O–H groups in total. The van der Waals surface area contributed by atoms with Crippen LogP contribution in [0.15, 0.2) is 18.2 Å². The van der Waals surface area contributed by atoms with Crippen LogP contribution in [0.2, 0.25) is 0 Å². The molecule has 0 bridgehead atoms. The zero-order valence-corrected chi connectivity index (χ0v) is 25.9. The third-order valence-electron chi connectivity index (χ3n) is 6.61. The average molecular weight is 580 g/mol. The number of nitrogens with one attached hydrogen (secondary N) is 2. The third-order valence-corrected chi connectivity index (χ3v) is 6.61. The molecule has 0 aliphatic carbocycles. The first-order chi connectivity index (χ1) is 19.3. The Morgan fingerprint density at radius 1 is 1.24 bits per heavy atom. The molecule has 2 aliphatic rings. The van der Waals surface area contributed by atoms with Gasteiger partial charge >= 0.3 is 6.09 Å². The number of ether oxygens (including phenoxy) is 2. The van der Waals surface area contributed by atoms with Crippen molar-refractivity contribution in [3.63, 3.8) is 0 Å². The predicted octanol–water partition coefficient (Wildman–Crippen LogP) is 5.40. The van der Waals surface area contributed by atoms with Crippen LogP contribution in [-0.4, -0.2) is 57.3 Å². The highest BCUT2D eigenvalue weighted by atomic mass is 19.1. The highest BCUT2D eigenvalue weighted by molar-refractivity contribution is 5.68. The summed E-state index contributed by atoms with van der Waals surface area (Å²) in [5.74, 6) is -0.115. The van der Waals surface area contributed by atoms with Crippen molar-refractivity contribution >= 4 is 12.5 Å². The smallest absolute Gasteiger partial charge is 0.407 e. The molecule has 9 nitrogen and oxygen atoms in total. The van der Waals surface area contributed by atoms with Gasteiger partial charge in [0.1, 0.15) is 29.2 Å². The summed E-state index contributed by atoms with van der Waals surface area (Å²) in [7, 11) is 0. The first-order valence-corrected chi connectivity index (χ1v) is 14.4. The number of alkyl carbamates (subject to hydrolysis) is 1. The van der Waals surface area contributed by atoms with Gasteiger partial charge in [-0.25, -0.2) is 18.6 Å². The van der Waals surface area contributed by atoms with Crippen LogP contribution in [0.25, 0.3) is 0 Å². The van der Waals surface area contributed by atoms with E-state index in [0.717, 1.165) is 42.8 Å². The Bertz CT molecular complexity index is 1150. The number of halogens is 2. The molecular formula is C30H47F2N5O4. The number of fused-ring (bicyclic) bond motifs is 1. The van der Waals surface area contributed by atoms with Crippen LogP contribution in [0.1, 0.15) is 90.7 Å². The minimum atomic E-state index is -0.820. The highest BCUT2D eigenvalue weighted by Gasteiger charge is 2.40. The van der Waals surface area contributed by atoms with Gasteiger partial charge < -0.3 is 24.7 Å². The van der Waals surface area contributed by atoms with Gasteiger partial charge in [-0.15, -0.1) is 0 Å². The van der Waals surface area contributed by atoms with Crippen LogP contribution in [-0.2, 0) is 33.9 Å². The van der Waals surface area contributed by atoms with Gasteiger partial charge in [0.15, 0.2) is 0 Å². The fourth-order valence-electron chi connectivity index (χ4n) is 4.93. The Hall–Kier alpha value is -3.05. The molecule has 41 heavy (non-hydrogen) atoms. The Balaban J connectivity index is 0.000000654. The lowest BCUT2D eigenvalue weighted by Crippen LogP contribution is -2.52. The second kappa shape index (κ2) is 15.3. The highest BCUT2D eigenvalue weighted by Crippen LogP contribution is 2.35. The second-order valence-electron chi connectivity index (χ2n) is 11.2. The van der Waals surface area contributed by atoms with Gasteiger partial charge in [-0.3, -0.25) is 9.69 Å². The van der Waals surface area contributed by atoms with Crippen molar-refractivity contribution < 1.29 is 27.8 Å². The number of amides is 2. The summed E-state index contributed by atoms with van der Waals surface area (Å²) in [5, 5.41) is 5.38. The van der Waals surface area contributed by atoms with Crippen molar-refractivity contribution in [2.24, 2.45) is 0 Å². The number of aryl methyl sites for hydroxylation is 1. The Morgan fingerprint density at radius 3 is 2.49 bits per heavy atom. The predicted molar refractivity (Wildman–Crippen MR) is 154 cm³/mol. The summed E-state index contributed by atoms with van der Waals surface area (Å²) in [5.41, 5.74) is 1.67. The number of carbonyl (C=O) groups excluding carboxylic acids is 2. The van der Waals surface area contributed by atoms with E-state index < -0.39 is 35.5 Å². The molecule has 1 aromatic heterocycles. The molecule has 3 atom stereocenters. The second-order valence-corrected chi connectivity index (χ2v) is 11.2. The molecular weight excluding hydrogens is 532 g/mol. The first kappa shape index (κ1) is 34.2. The van der Waals surface area contributed by atoms with E-state index in [-0.39, 0.29) is 17.6 Å². The number of carbonyl (C=O) groups is 2. The molecule has 4 rings (SSSR count). The molecule has 3 heterocycles. The third kappa shape index (κ3) is 9.49. The molecule has 0 saturated carbocycles. The van der Waals surface area contributed by atoms with Gasteiger partial charge in [-0.2, -0.15) is 0 Å². The van der Waals surface area contributed by atoms with E-state index in [1.807, 2.05) is 34.6 Å². The largest absolute Gasteiger partial charge is 0.444 e. The van der Waals surface area contributed by atoms with Gasteiger partial charge in [0, 0.05) is 37.3 Å². The first-order valence-electron chi connectivity index (χ1n) is 14.4. The monoisotopic (exact) mass is 579 g/mol. The van der Waals surface area contributed by atoms with Crippen LogP contribution in [0.4, 0.5) is 13.6 Å². The normalized spacial score (nSPS) is 20.2. The molecule has 1 aromatic carbocycles. The van der Waals surface area contributed by atoms with Crippen molar-refractivity contribution in [3.8, 4) is 0 Å². The Kier molecular flexibility index (Phi) is 12.7. The maximum atomic E-state index is 14.6. The Morgan fingerprint density at radius 2 is 1.93 bits per heavy atom. The molecule has 2 aliphatic heterocycles. The van der Waals surface area contributed by atoms with Crippen molar-refractivity contribution in [2.45, 2.75) is 118 Å². The van der Waals surface area contributed by atoms with E-state index in [9.17, 15) is 18.4 Å². The minimum absolute atomic E-state index is 0.0161. The topological polar surface area (TPSA) is 97.7 Å². The van der Waals surface area contributed by atoms with Crippen molar-refractivity contribution in [3.05, 3.63) is 52.6 Å². The summed E-state index contributed by atoms with van der Waals surface area (Å²) in [4.78, 5) is 29.0. The number of nitrogens with zero attached hydrogens (tertiary/aromatic N) is 3. The van der Waals surface area contributed by atoms with Crippen LogP contribution < -0.4 is 10.6 Å². The van der Waals surface area contributed by atoms with Gasteiger partial charge in [0.05, 0.1) is 24.0 Å². The van der Waals surface area contributed by atoms with E-state index in [0.29, 0.717) is 26.0 Å². The van der Waals surface area contributed by atoms with Crippen molar-refractivity contribution in [1.29, 1.82) is 0 Å². The summed E-state index contributed by atoms with van der Waals surface area (Å²) < 4.78 is 42.2. The number of hydrogen-bond donors (Lipinski definition) is 2. The quantitative estimate of drug-likeness (QED) is 0.445. The molecule has 1 saturated heterocycles. The molecule has 2 amide bonds. The molecule has 230 valence electrons. The van der Waals surface area contributed by atoms with Crippen LogP contribution in [0.5, 0.6) is 0 Å². The Labute approximate surface area is 243 Å². The van der Waals surface area contributed by atoms with Crippen LogP contribution in [0.3, 0.4) is 0 Å². The molecule has 2 aromatic rings. The van der Waals surface area contributed by atoms with E-state index in [1.165, 1.54) is 5.69 Å². The zero-order valence-electron chi connectivity index (χ0n) is 25.9. The SMILES string of the molecule is CC.CC(C)NC=O.CCn1c(C)nc2c1CN(C1CO[C@H](c3cc(F)ccc3F)C(NC(=O)OC(C)(C)C)C1)C2. The van der Waals surface area contributed by atoms with Crippen molar-refractivity contribution in [1.82, 2.24) is 25.1 Å². The van der Waals surface area contributed by atoms with E-state index >= 15 is 0 Å². The van der Waals surface area contributed by atoms with Crippen molar-refractivity contribution in [2.75, 3.05) is 6.61 Å². The fraction of sp³-hybridized carbons (Fsp3) is 0.633. The summed E-state index contributed by atoms with van der Waals surface area (Å²) >= 11 is 0. The van der Waals surface area contributed by atoms with Crippen LogP contribution >= 0.6 is 0 Å². The van der Waals surface area contributed by atoms with E-state index in [4.69, 9.17) is 14.5 Å². The van der Waals surface area contributed by atoms with Gasteiger partial charge in [0.25, 0.3) is 0 Å². The number of rotatable bonds is 6. The summed E-state index contributed by atoms with van der Waals surface area (Å²) in [6.07, 6.45) is -0.225.